The van der Waals surface area contributed by atoms with Crippen LogP contribution in [0.3, 0.4) is 0 Å². The van der Waals surface area contributed by atoms with Gasteiger partial charge >= 0.3 is 5.97 Å². The fourth-order valence-electron chi connectivity index (χ4n) is 2.94. The number of carbonyl (C=O) groups is 2. The fraction of sp³-hybridized carbons (Fsp3) is 0.217. The van der Waals surface area contributed by atoms with E-state index in [1.165, 1.54) is 17.7 Å². The Hall–Kier alpha value is -3.74. The zero-order valence-electron chi connectivity index (χ0n) is 17.0. The molecule has 0 saturated heterocycles. The lowest BCUT2D eigenvalue weighted by atomic mass is 10.1. The largest absolute Gasteiger partial charge is 0.493 e. The van der Waals surface area contributed by atoms with Gasteiger partial charge in [0.1, 0.15) is 12.4 Å². The normalized spacial score (nSPS) is 10.5. The lowest BCUT2D eigenvalue weighted by Crippen LogP contribution is -2.24. The van der Waals surface area contributed by atoms with Gasteiger partial charge in [-0.2, -0.15) is 5.10 Å². The van der Waals surface area contributed by atoms with Crippen LogP contribution < -0.4 is 10.2 Å². The van der Waals surface area contributed by atoms with Crippen LogP contribution in [0, 0.1) is 6.92 Å². The second-order valence-corrected chi connectivity index (χ2v) is 6.63. The van der Waals surface area contributed by atoms with Crippen molar-refractivity contribution in [2.75, 3.05) is 6.61 Å². The summed E-state index contributed by atoms with van der Waals surface area (Å²) < 4.78 is 12.4. The van der Waals surface area contributed by atoms with Crippen molar-refractivity contribution in [1.82, 2.24) is 9.78 Å². The second-order valence-electron chi connectivity index (χ2n) is 6.63. The first-order valence-corrected chi connectivity index (χ1v) is 9.51. The summed E-state index contributed by atoms with van der Waals surface area (Å²) in [4.78, 5) is 36.6. The highest BCUT2D eigenvalue weighted by atomic mass is 16.5. The van der Waals surface area contributed by atoms with Crippen LogP contribution >= 0.6 is 0 Å². The summed E-state index contributed by atoms with van der Waals surface area (Å²) in [5.74, 6) is -0.453. The van der Waals surface area contributed by atoms with Crippen LogP contribution in [0.15, 0.2) is 59.4 Å². The highest BCUT2D eigenvalue weighted by Crippen LogP contribution is 2.22. The number of nitrogens with zero attached hydrogens (tertiary/aromatic N) is 2. The molecule has 0 aliphatic heterocycles. The smallest absolute Gasteiger partial charge is 0.363 e. The molecule has 0 spiro atoms. The summed E-state index contributed by atoms with van der Waals surface area (Å²) in [5.41, 5.74) is 1.49. The third-order valence-electron chi connectivity index (χ3n) is 4.43. The second kappa shape index (κ2) is 9.17. The average molecular weight is 406 g/mol. The number of aryl methyl sites for hydroxylation is 1. The van der Waals surface area contributed by atoms with Crippen LogP contribution in [0.25, 0.3) is 5.69 Å². The van der Waals surface area contributed by atoms with Crippen LogP contribution in [0.5, 0.6) is 5.75 Å². The lowest BCUT2D eigenvalue weighted by molar-refractivity contribution is 0.0458. The minimum absolute atomic E-state index is 0.114. The Morgan fingerprint density at radius 2 is 1.80 bits per heavy atom. The van der Waals surface area contributed by atoms with E-state index < -0.39 is 11.4 Å². The third-order valence-corrected chi connectivity index (χ3v) is 4.43. The number of hydrogen-bond donors (Lipinski definition) is 0. The van der Waals surface area contributed by atoms with E-state index in [9.17, 15) is 14.4 Å². The zero-order chi connectivity index (χ0) is 21.7. The van der Waals surface area contributed by atoms with Gasteiger partial charge in [-0.15, -0.1) is 0 Å². The van der Waals surface area contributed by atoms with Gasteiger partial charge in [0.2, 0.25) is 11.1 Å². The van der Waals surface area contributed by atoms with Crippen molar-refractivity contribution in [3.05, 3.63) is 87.3 Å². The predicted octanol–water partition coefficient (Wildman–Crippen LogP) is 3.50. The van der Waals surface area contributed by atoms with Gasteiger partial charge in [-0.3, -0.25) is 9.59 Å². The number of Topliss-reactive ketones (excluding diaryl/α,β-unsaturated/α-hetero) is 1. The summed E-state index contributed by atoms with van der Waals surface area (Å²) in [6.07, 6.45) is 0. The first-order valence-electron chi connectivity index (χ1n) is 9.51. The van der Waals surface area contributed by atoms with E-state index in [2.05, 4.69) is 5.10 Å². The van der Waals surface area contributed by atoms with Crippen LogP contribution in [0.4, 0.5) is 0 Å². The number of aromatic nitrogens is 2. The number of rotatable bonds is 7. The van der Waals surface area contributed by atoms with E-state index in [-0.39, 0.29) is 18.1 Å². The Morgan fingerprint density at radius 1 is 1.07 bits per heavy atom. The van der Waals surface area contributed by atoms with Gasteiger partial charge in [0, 0.05) is 22.9 Å². The molecular weight excluding hydrogens is 384 g/mol. The SMILES string of the molecule is CCOc1ccc(C(C)=O)cc1COC(=O)c1nn(-c2ccccc2)c(C)cc1=O. The first-order chi connectivity index (χ1) is 14.4. The number of benzene rings is 2. The van der Waals surface area contributed by atoms with Gasteiger partial charge in [0.05, 0.1) is 12.3 Å². The molecule has 0 atom stereocenters. The van der Waals surface area contributed by atoms with E-state index >= 15 is 0 Å². The van der Waals surface area contributed by atoms with Gasteiger partial charge in [0.15, 0.2) is 5.78 Å². The van der Waals surface area contributed by atoms with Gasteiger partial charge < -0.3 is 9.47 Å². The molecule has 3 aromatic rings. The standard InChI is InChI=1S/C23H22N2O5/c1-4-29-21-11-10-17(16(3)26)13-18(21)14-30-23(28)22-20(27)12-15(2)25(24-22)19-8-6-5-7-9-19/h5-13H,4,14H2,1-3H3. The Balaban J connectivity index is 1.88. The van der Waals surface area contributed by atoms with Crippen LogP contribution in [0.1, 0.15) is 46.0 Å². The highest BCUT2D eigenvalue weighted by Gasteiger charge is 2.18. The lowest BCUT2D eigenvalue weighted by Gasteiger charge is -2.13. The van der Waals surface area contributed by atoms with Gasteiger partial charge in [-0.05, 0) is 51.1 Å². The topological polar surface area (TPSA) is 87.5 Å². The minimum atomic E-state index is -0.847. The average Bonchev–Trinajstić information content (AvgIpc) is 2.73. The van der Waals surface area contributed by atoms with Crippen molar-refractivity contribution in [1.29, 1.82) is 0 Å². The minimum Gasteiger partial charge on any atom is -0.493 e. The van der Waals surface area contributed by atoms with Crippen molar-refractivity contribution in [2.45, 2.75) is 27.4 Å². The molecule has 0 aliphatic rings. The number of carbonyl (C=O) groups excluding carboxylic acids is 2. The maximum Gasteiger partial charge on any atom is 0.363 e. The molecule has 1 heterocycles. The van der Waals surface area contributed by atoms with Gasteiger partial charge in [0.25, 0.3) is 0 Å². The number of hydrogen-bond acceptors (Lipinski definition) is 6. The molecule has 0 saturated carbocycles. The summed E-state index contributed by atoms with van der Waals surface area (Å²) in [6, 6.07) is 15.5. The van der Waals surface area contributed by atoms with E-state index in [1.54, 1.807) is 25.1 Å². The highest BCUT2D eigenvalue weighted by molar-refractivity contribution is 5.94. The summed E-state index contributed by atoms with van der Waals surface area (Å²) in [6.45, 7) is 5.28. The molecule has 154 valence electrons. The zero-order valence-corrected chi connectivity index (χ0v) is 17.0. The molecule has 0 unspecified atom stereocenters. The molecule has 0 aliphatic carbocycles. The fourth-order valence-corrected chi connectivity index (χ4v) is 2.94. The van der Waals surface area contributed by atoms with Crippen molar-refractivity contribution in [2.24, 2.45) is 0 Å². The van der Waals surface area contributed by atoms with E-state index in [0.717, 1.165) is 5.69 Å². The van der Waals surface area contributed by atoms with Gasteiger partial charge in [-0.1, -0.05) is 18.2 Å². The Morgan fingerprint density at radius 3 is 2.47 bits per heavy atom. The van der Waals surface area contributed by atoms with E-state index in [1.807, 2.05) is 37.3 Å². The Kier molecular flexibility index (Phi) is 6.41. The Labute approximate surface area is 173 Å². The molecule has 0 amide bonds. The number of para-hydroxylation sites is 1. The summed E-state index contributed by atoms with van der Waals surface area (Å²) in [7, 11) is 0. The number of ketones is 1. The molecular formula is C23H22N2O5. The van der Waals surface area contributed by atoms with Crippen molar-refractivity contribution < 1.29 is 19.1 Å². The molecule has 0 N–H and O–H groups in total. The van der Waals surface area contributed by atoms with Crippen LogP contribution in [0.2, 0.25) is 0 Å². The molecule has 1 aromatic heterocycles. The van der Waals surface area contributed by atoms with Crippen molar-refractivity contribution in [3.63, 3.8) is 0 Å². The van der Waals surface area contributed by atoms with Crippen LogP contribution in [-0.2, 0) is 11.3 Å². The molecule has 0 radical (unpaired) electrons. The van der Waals surface area contributed by atoms with Crippen LogP contribution in [-0.4, -0.2) is 28.1 Å². The molecule has 0 fully saturated rings. The quantitative estimate of drug-likeness (QED) is 0.441. The summed E-state index contributed by atoms with van der Waals surface area (Å²) >= 11 is 0. The monoisotopic (exact) mass is 406 g/mol. The molecule has 7 nitrogen and oxygen atoms in total. The van der Waals surface area contributed by atoms with Crippen molar-refractivity contribution in [3.8, 4) is 11.4 Å². The maximum absolute atomic E-state index is 12.6. The molecule has 0 bridgehead atoms. The molecule has 30 heavy (non-hydrogen) atoms. The van der Waals surface area contributed by atoms with Gasteiger partial charge in [-0.25, -0.2) is 9.48 Å². The third kappa shape index (κ3) is 4.63. The summed E-state index contributed by atoms with van der Waals surface area (Å²) in [5, 5.41) is 4.20. The molecule has 7 heteroatoms. The predicted molar refractivity (Wildman–Crippen MR) is 111 cm³/mol. The first kappa shape index (κ1) is 21.0. The van der Waals surface area contributed by atoms with Crippen molar-refractivity contribution >= 4 is 11.8 Å². The molecule has 2 aromatic carbocycles. The molecule has 3 rings (SSSR count). The van der Waals surface area contributed by atoms with E-state index in [4.69, 9.17) is 9.47 Å². The number of esters is 1. The maximum atomic E-state index is 12.6. The van der Waals surface area contributed by atoms with E-state index in [0.29, 0.717) is 29.2 Å². The number of ether oxygens (including phenoxy) is 2. The Bertz CT molecular complexity index is 1140.